The minimum atomic E-state index is -0.115. The molecule has 0 aliphatic rings. The molecule has 0 saturated heterocycles. The van der Waals surface area contributed by atoms with Crippen LogP contribution in [0.15, 0.2) is 24.3 Å². The molecule has 2 aromatic heterocycles. The third-order valence-electron chi connectivity index (χ3n) is 4.47. The summed E-state index contributed by atoms with van der Waals surface area (Å²) in [6, 6.07) is 7.38. The van der Waals surface area contributed by atoms with E-state index in [2.05, 4.69) is 20.4 Å². The van der Waals surface area contributed by atoms with Crippen LogP contribution in [0.25, 0.3) is 5.95 Å². The zero-order chi connectivity index (χ0) is 19.7. The van der Waals surface area contributed by atoms with E-state index in [1.54, 1.807) is 10.7 Å². The Bertz CT molecular complexity index is 1010. The summed E-state index contributed by atoms with van der Waals surface area (Å²) in [5.41, 5.74) is 12.4. The van der Waals surface area contributed by atoms with Crippen LogP contribution in [0.5, 0.6) is 0 Å². The molecule has 2 heterocycles. The van der Waals surface area contributed by atoms with Crippen LogP contribution in [0.1, 0.15) is 33.9 Å². The quantitative estimate of drug-likeness (QED) is 0.654. The van der Waals surface area contributed by atoms with Crippen molar-refractivity contribution in [2.75, 3.05) is 11.1 Å². The van der Waals surface area contributed by atoms with E-state index in [1.165, 1.54) is 0 Å². The number of nitrogen functional groups attached to an aromatic ring is 1. The number of carbonyl (C=O) groups is 1. The predicted molar refractivity (Wildman–Crippen MR) is 113 cm³/mol. The number of aromatic nitrogens is 4. The monoisotopic (exact) mass is 400 g/mol. The molecule has 0 aliphatic heterocycles. The number of carbonyl (C=O) groups excluding carboxylic acids is 1. The highest BCUT2D eigenvalue weighted by molar-refractivity contribution is 5.93. The van der Waals surface area contributed by atoms with Gasteiger partial charge in [-0.1, -0.05) is 6.07 Å². The first-order chi connectivity index (χ1) is 12.7. The number of nitrogens with one attached hydrogen (secondary N) is 1. The number of amides is 1. The highest BCUT2D eigenvalue weighted by Gasteiger charge is 2.18. The Balaban J connectivity index is 0.00000280. The highest BCUT2D eigenvalue weighted by atomic mass is 35.5. The SMILES string of the molecule is Cc1cc(C)nc(-n2nc(C)c(CC(=O)Nc3cc(N)ccc3C)c2C)n1.Cl. The molecule has 0 bridgehead atoms. The Kier molecular flexibility index (Phi) is 6.41. The van der Waals surface area contributed by atoms with Crippen molar-refractivity contribution in [3.8, 4) is 5.95 Å². The molecular formula is C20H25ClN6O. The van der Waals surface area contributed by atoms with E-state index < -0.39 is 0 Å². The summed E-state index contributed by atoms with van der Waals surface area (Å²) >= 11 is 0. The van der Waals surface area contributed by atoms with Crippen molar-refractivity contribution in [3.63, 3.8) is 0 Å². The molecule has 0 unspecified atom stereocenters. The summed E-state index contributed by atoms with van der Waals surface area (Å²) in [5, 5.41) is 7.48. The maximum atomic E-state index is 12.6. The largest absolute Gasteiger partial charge is 0.399 e. The van der Waals surface area contributed by atoms with Crippen molar-refractivity contribution in [1.29, 1.82) is 0 Å². The second kappa shape index (κ2) is 8.39. The molecule has 148 valence electrons. The van der Waals surface area contributed by atoms with Crippen molar-refractivity contribution in [1.82, 2.24) is 19.7 Å². The third-order valence-corrected chi connectivity index (χ3v) is 4.47. The number of anilines is 2. The first-order valence-electron chi connectivity index (χ1n) is 8.78. The van der Waals surface area contributed by atoms with Gasteiger partial charge in [0.05, 0.1) is 12.1 Å². The van der Waals surface area contributed by atoms with Crippen molar-refractivity contribution < 1.29 is 4.79 Å². The van der Waals surface area contributed by atoms with Gasteiger partial charge >= 0.3 is 0 Å². The van der Waals surface area contributed by atoms with Gasteiger partial charge in [-0.2, -0.15) is 5.10 Å². The van der Waals surface area contributed by atoms with Crippen molar-refractivity contribution in [2.45, 2.75) is 41.0 Å². The molecule has 0 fully saturated rings. The van der Waals surface area contributed by atoms with Crippen LogP contribution in [0.4, 0.5) is 11.4 Å². The van der Waals surface area contributed by atoms with Gasteiger partial charge < -0.3 is 11.1 Å². The van der Waals surface area contributed by atoms with Crippen LogP contribution < -0.4 is 11.1 Å². The molecule has 3 rings (SSSR count). The van der Waals surface area contributed by atoms with E-state index in [9.17, 15) is 4.79 Å². The summed E-state index contributed by atoms with van der Waals surface area (Å²) in [4.78, 5) is 21.5. The highest BCUT2D eigenvalue weighted by Crippen LogP contribution is 2.20. The summed E-state index contributed by atoms with van der Waals surface area (Å²) in [7, 11) is 0. The molecule has 0 atom stereocenters. The topological polar surface area (TPSA) is 98.7 Å². The van der Waals surface area contributed by atoms with Crippen molar-refractivity contribution in [3.05, 3.63) is 58.2 Å². The lowest BCUT2D eigenvalue weighted by Crippen LogP contribution is -2.16. The Morgan fingerprint density at radius 1 is 1.07 bits per heavy atom. The fourth-order valence-corrected chi connectivity index (χ4v) is 3.06. The van der Waals surface area contributed by atoms with E-state index in [0.29, 0.717) is 11.6 Å². The normalized spacial score (nSPS) is 10.5. The Morgan fingerprint density at radius 2 is 1.71 bits per heavy atom. The molecule has 7 nitrogen and oxygen atoms in total. The minimum absolute atomic E-state index is 0. The molecule has 0 spiro atoms. The molecule has 1 aromatic carbocycles. The third kappa shape index (κ3) is 4.48. The molecule has 1 amide bonds. The average molecular weight is 401 g/mol. The van der Waals surface area contributed by atoms with Gasteiger partial charge in [-0.05, 0) is 58.4 Å². The van der Waals surface area contributed by atoms with Crippen LogP contribution in [0, 0.1) is 34.6 Å². The minimum Gasteiger partial charge on any atom is -0.399 e. The van der Waals surface area contributed by atoms with Crippen LogP contribution in [-0.2, 0) is 11.2 Å². The first kappa shape index (κ1) is 21.4. The maximum absolute atomic E-state index is 12.6. The molecule has 3 N–H and O–H groups in total. The lowest BCUT2D eigenvalue weighted by atomic mass is 10.1. The van der Waals surface area contributed by atoms with E-state index >= 15 is 0 Å². The zero-order valence-electron chi connectivity index (χ0n) is 16.7. The summed E-state index contributed by atoms with van der Waals surface area (Å²) in [6.07, 6.45) is 0.219. The Labute approximate surface area is 170 Å². The molecule has 0 radical (unpaired) electrons. The second-order valence-electron chi connectivity index (χ2n) is 6.81. The predicted octanol–water partition coefficient (Wildman–Crippen LogP) is 3.39. The van der Waals surface area contributed by atoms with Crippen LogP contribution in [-0.4, -0.2) is 25.7 Å². The molecule has 28 heavy (non-hydrogen) atoms. The van der Waals surface area contributed by atoms with Gasteiger partial charge in [0.1, 0.15) is 0 Å². The lowest BCUT2D eigenvalue weighted by Gasteiger charge is -2.10. The van der Waals surface area contributed by atoms with Crippen LogP contribution in [0.2, 0.25) is 0 Å². The van der Waals surface area contributed by atoms with Crippen molar-refractivity contribution >= 4 is 29.7 Å². The number of benzene rings is 1. The van der Waals surface area contributed by atoms with Crippen molar-refractivity contribution in [2.24, 2.45) is 0 Å². The number of aryl methyl sites for hydroxylation is 4. The van der Waals surface area contributed by atoms with Crippen LogP contribution >= 0.6 is 12.4 Å². The molecule has 3 aromatic rings. The summed E-state index contributed by atoms with van der Waals surface area (Å²) in [6.45, 7) is 9.59. The number of nitrogens with zero attached hydrogens (tertiary/aromatic N) is 4. The van der Waals surface area contributed by atoms with E-state index in [1.807, 2.05) is 52.8 Å². The summed E-state index contributed by atoms with van der Waals surface area (Å²) in [5.74, 6) is 0.405. The number of hydrogen-bond donors (Lipinski definition) is 2. The summed E-state index contributed by atoms with van der Waals surface area (Å²) < 4.78 is 1.70. The van der Waals surface area contributed by atoms with Gasteiger partial charge in [-0.15, -0.1) is 12.4 Å². The molecular weight excluding hydrogens is 376 g/mol. The van der Waals surface area contributed by atoms with Gasteiger partial charge in [0.2, 0.25) is 5.91 Å². The van der Waals surface area contributed by atoms with E-state index in [-0.39, 0.29) is 24.7 Å². The number of hydrogen-bond acceptors (Lipinski definition) is 5. The van der Waals surface area contributed by atoms with E-state index in [4.69, 9.17) is 5.73 Å². The maximum Gasteiger partial charge on any atom is 0.251 e. The number of nitrogens with two attached hydrogens (primary N) is 1. The van der Waals surface area contributed by atoms with Gasteiger partial charge in [-0.25, -0.2) is 14.6 Å². The fraction of sp³-hybridized carbons (Fsp3) is 0.300. The Morgan fingerprint density at radius 3 is 2.36 bits per heavy atom. The van der Waals surface area contributed by atoms with Gasteiger partial charge in [0, 0.05) is 34.0 Å². The number of halogens is 1. The fourth-order valence-electron chi connectivity index (χ4n) is 3.06. The smallest absolute Gasteiger partial charge is 0.251 e. The average Bonchev–Trinajstić information content (AvgIpc) is 2.85. The standard InChI is InChI=1S/C20H24N6O.ClH/c1-11-6-7-16(21)9-18(11)24-19(27)10-17-14(4)25-26(15(17)5)20-22-12(2)8-13(3)23-20;/h6-9H,10,21H2,1-5H3,(H,24,27);1H. The molecule has 0 saturated carbocycles. The Hall–Kier alpha value is -2.93. The molecule has 8 heteroatoms. The van der Waals surface area contributed by atoms with Gasteiger partial charge in [0.15, 0.2) is 0 Å². The van der Waals surface area contributed by atoms with E-state index in [0.717, 1.165) is 39.6 Å². The second-order valence-corrected chi connectivity index (χ2v) is 6.81. The first-order valence-corrected chi connectivity index (χ1v) is 8.78. The lowest BCUT2D eigenvalue weighted by molar-refractivity contribution is -0.115. The van der Waals surface area contributed by atoms with Gasteiger partial charge in [-0.3, -0.25) is 4.79 Å². The molecule has 0 aliphatic carbocycles. The number of rotatable bonds is 4. The zero-order valence-corrected chi connectivity index (χ0v) is 17.5. The van der Waals surface area contributed by atoms with Crippen LogP contribution in [0.3, 0.4) is 0 Å². The van der Waals surface area contributed by atoms with Gasteiger partial charge in [0.25, 0.3) is 5.95 Å².